The summed E-state index contributed by atoms with van der Waals surface area (Å²) in [7, 11) is 0. The summed E-state index contributed by atoms with van der Waals surface area (Å²) in [5.74, 6) is 0.851. The molecule has 0 radical (unpaired) electrons. The smallest absolute Gasteiger partial charge is 0.00103 e. The Labute approximate surface area is 88.8 Å². The monoisotopic (exact) mass is 198 g/mol. The van der Waals surface area contributed by atoms with Gasteiger partial charge in [0.15, 0.2) is 0 Å². The van der Waals surface area contributed by atoms with E-state index in [1.54, 1.807) is 0 Å². The minimum Gasteiger partial charge on any atom is -0.317 e. The molecule has 0 aromatic rings. The van der Waals surface area contributed by atoms with E-state index in [1.807, 2.05) is 0 Å². The van der Waals surface area contributed by atoms with Crippen LogP contribution in [-0.4, -0.2) is 26.2 Å². The lowest BCUT2D eigenvalue weighted by Crippen LogP contribution is -2.29. The van der Waals surface area contributed by atoms with Crippen molar-refractivity contribution in [3.05, 3.63) is 0 Å². The molecule has 1 rings (SSSR count). The first-order chi connectivity index (χ1) is 6.71. The Bertz CT molecular complexity index is 150. The van der Waals surface area contributed by atoms with Crippen molar-refractivity contribution < 1.29 is 0 Å². The van der Waals surface area contributed by atoms with Crippen LogP contribution >= 0.6 is 0 Å². The minimum absolute atomic E-state index is 0.665. The number of hydrogen-bond donors (Lipinski definition) is 2. The highest BCUT2D eigenvalue weighted by molar-refractivity contribution is 4.96. The fraction of sp³-hybridized carbons (Fsp3) is 1.00. The third-order valence-electron chi connectivity index (χ3n) is 3.55. The van der Waals surface area contributed by atoms with Crippen LogP contribution < -0.4 is 10.6 Å². The average Bonchev–Trinajstić information content (AvgIpc) is 2.92. The van der Waals surface area contributed by atoms with Gasteiger partial charge in [0.1, 0.15) is 0 Å². The molecule has 1 aliphatic rings. The molecule has 0 bridgehead atoms. The molecule has 0 aromatic carbocycles. The van der Waals surface area contributed by atoms with Gasteiger partial charge >= 0.3 is 0 Å². The van der Waals surface area contributed by atoms with E-state index in [9.17, 15) is 0 Å². The summed E-state index contributed by atoms with van der Waals surface area (Å²) < 4.78 is 0. The zero-order chi connectivity index (χ0) is 10.4. The van der Waals surface area contributed by atoms with Crippen molar-refractivity contribution in [3.8, 4) is 0 Å². The summed E-state index contributed by atoms with van der Waals surface area (Å²) >= 11 is 0. The predicted octanol–water partition coefficient (Wildman–Crippen LogP) is 2.01. The lowest BCUT2D eigenvalue weighted by atomic mass is 9.92. The Morgan fingerprint density at radius 2 is 1.79 bits per heavy atom. The number of nitrogens with one attached hydrogen (secondary N) is 2. The van der Waals surface area contributed by atoms with Crippen LogP contribution in [0.2, 0.25) is 0 Å². The predicted molar refractivity (Wildman–Crippen MR) is 62.5 cm³/mol. The molecule has 2 nitrogen and oxygen atoms in total. The number of rotatable bonds is 8. The highest BCUT2D eigenvalue weighted by atomic mass is 14.9. The van der Waals surface area contributed by atoms with Gasteiger partial charge in [0.25, 0.3) is 0 Å². The zero-order valence-corrected chi connectivity index (χ0v) is 10.0. The van der Waals surface area contributed by atoms with Crippen LogP contribution in [0.3, 0.4) is 0 Å². The van der Waals surface area contributed by atoms with Gasteiger partial charge in [0.2, 0.25) is 0 Å². The second-order valence-electron chi connectivity index (χ2n) is 4.90. The Kier molecular flexibility index (Phi) is 4.90. The molecule has 0 heterocycles. The van der Waals surface area contributed by atoms with E-state index in [4.69, 9.17) is 0 Å². The van der Waals surface area contributed by atoms with Crippen LogP contribution in [0, 0.1) is 11.3 Å². The molecule has 2 N–H and O–H groups in total. The average molecular weight is 198 g/mol. The van der Waals surface area contributed by atoms with Gasteiger partial charge in [0.05, 0.1) is 0 Å². The fourth-order valence-corrected chi connectivity index (χ4v) is 1.97. The van der Waals surface area contributed by atoms with Crippen LogP contribution in [0.4, 0.5) is 0 Å². The first kappa shape index (κ1) is 12.0. The normalized spacial score (nSPS) is 18.9. The third-order valence-corrected chi connectivity index (χ3v) is 3.55. The maximum atomic E-state index is 3.59. The van der Waals surface area contributed by atoms with Crippen molar-refractivity contribution in [2.24, 2.45) is 11.3 Å². The highest BCUT2D eigenvalue weighted by Gasteiger charge is 2.44. The Morgan fingerprint density at radius 3 is 2.29 bits per heavy atom. The van der Waals surface area contributed by atoms with Gasteiger partial charge in [-0.2, -0.15) is 0 Å². The van der Waals surface area contributed by atoms with E-state index >= 15 is 0 Å². The summed E-state index contributed by atoms with van der Waals surface area (Å²) in [6.07, 6.45) is 4.12. The zero-order valence-electron chi connectivity index (χ0n) is 10.0. The Balaban J connectivity index is 1.94. The van der Waals surface area contributed by atoms with Gasteiger partial charge in [-0.05, 0) is 50.2 Å². The van der Waals surface area contributed by atoms with Crippen LogP contribution in [0.15, 0.2) is 0 Å². The van der Waals surface area contributed by atoms with Crippen molar-refractivity contribution >= 4 is 0 Å². The molecule has 1 saturated carbocycles. The molecule has 84 valence electrons. The van der Waals surface area contributed by atoms with E-state index in [2.05, 4.69) is 31.4 Å². The third kappa shape index (κ3) is 3.58. The molecule has 1 fully saturated rings. The van der Waals surface area contributed by atoms with Gasteiger partial charge in [0, 0.05) is 6.54 Å². The van der Waals surface area contributed by atoms with Gasteiger partial charge in [-0.25, -0.2) is 0 Å². The van der Waals surface area contributed by atoms with Gasteiger partial charge < -0.3 is 10.6 Å². The van der Waals surface area contributed by atoms with E-state index in [-0.39, 0.29) is 0 Å². The van der Waals surface area contributed by atoms with E-state index in [1.165, 1.54) is 32.4 Å². The molecule has 1 aliphatic carbocycles. The lowest BCUT2D eigenvalue weighted by Gasteiger charge is -2.20. The quantitative estimate of drug-likeness (QED) is 0.583. The van der Waals surface area contributed by atoms with Crippen molar-refractivity contribution in [3.63, 3.8) is 0 Å². The second-order valence-corrected chi connectivity index (χ2v) is 4.90. The second kappa shape index (κ2) is 5.72. The molecule has 0 atom stereocenters. The lowest BCUT2D eigenvalue weighted by molar-refractivity contribution is 0.338. The largest absolute Gasteiger partial charge is 0.317 e. The topological polar surface area (TPSA) is 24.1 Å². The van der Waals surface area contributed by atoms with E-state index in [0.29, 0.717) is 5.41 Å². The van der Waals surface area contributed by atoms with Gasteiger partial charge in [-0.3, -0.25) is 0 Å². The summed E-state index contributed by atoms with van der Waals surface area (Å²) in [6.45, 7) is 11.5. The molecule has 2 heteroatoms. The summed E-state index contributed by atoms with van der Waals surface area (Å²) in [4.78, 5) is 0. The van der Waals surface area contributed by atoms with Crippen molar-refractivity contribution in [2.45, 2.75) is 40.0 Å². The van der Waals surface area contributed by atoms with E-state index in [0.717, 1.165) is 19.0 Å². The first-order valence-corrected chi connectivity index (χ1v) is 6.13. The molecule has 0 aliphatic heterocycles. The van der Waals surface area contributed by atoms with Crippen LogP contribution in [0.25, 0.3) is 0 Å². The molecule has 0 aromatic heterocycles. The Hall–Kier alpha value is -0.0800. The standard InChI is InChI=1S/C12H26N2/c1-4-13-8-5-9-14-10-12(6-7-12)11(2)3/h11,13-14H,4-10H2,1-3H3. The Morgan fingerprint density at radius 1 is 1.14 bits per heavy atom. The molecular weight excluding hydrogens is 172 g/mol. The summed E-state index contributed by atoms with van der Waals surface area (Å²) in [6, 6.07) is 0. The van der Waals surface area contributed by atoms with Crippen LogP contribution in [0.5, 0.6) is 0 Å². The number of hydrogen-bond acceptors (Lipinski definition) is 2. The SMILES string of the molecule is CCNCCCNCC1(C(C)C)CC1. The van der Waals surface area contributed by atoms with Crippen LogP contribution in [0.1, 0.15) is 40.0 Å². The minimum atomic E-state index is 0.665. The van der Waals surface area contributed by atoms with Crippen LogP contribution in [-0.2, 0) is 0 Å². The van der Waals surface area contributed by atoms with Gasteiger partial charge in [-0.1, -0.05) is 20.8 Å². The van der Waals surface area contributed by atoms with Crippen molar-refractivity contribution in [2.75, 3.05) is 26.2 Å². The maximum absolute atomic E-state index is 3.59. The molecule has 14 heavy (non-hydrogen) atoms. The first-order valence-electron chi connectivity index (χ1n) is 6.13. The molecule has 0 amide bonds. The molecule has 0 saturated heterocycles. The summed E-state index contributed by atoms with van der Waals surface area (Å²) in [5.41, 5.74) is 0.665. The van der Waals surface area contributed by atoms with Crippen molar-refractivity contribution in [1.82, 2.24) is 10.6 Å². The summed E-state index contributed by atoms with van der Waals surface area (Å²) in [5, 5.41) is 6.93. The molecular formula is C12H26N2. The molecule has 0 unspecified atom stereocenters. The maximum Gasteiger partial charge on any atom is 0.00103 e. The fourth-order valence-electron chi connectivity index (χ4n) is 1.97. The van der Waals surface area contributed by atoms with E-state index < -0.39 is 0 Å². The van der Waals surface area contributed by atoms with Crippen molar-refractivity contribution in [1.29, 1.82) is 0 Å². The molecule has 0 spiro atoms. The highest BCUT2D eigenvalue weighted by Crippen LogP contribution is 2.51. The van der Waals surface area contributed by atoms with Gasteiger partial charge in [-0.15, -0.1) is 0 Å².